The van der Waals surface area contributed by atoms with E-state index in [4.69, 9.17) is 11.6 Å². The lowest BCUT2D eigenvalue weighted by atomic mass is 9.87. The Hall–Kier alpha value is -0.530. The molecule has 0 aromatic heterocycles. The molecule has 0 radical (unpaired) electrons. The first-order chi connectivity index (χ1) is 8.54. The van der Waals surface area contributed by atoms with E-state index >= 15 is 0 Å². The van der Waals surface area contributed by atoms with Gasteiger partial charge in [0.15, 0.2) is 0 Å². The van der Waals surface area contributed by atoms with Gasteiger partial charge in [-0.1, -0.05) is 37.9 Å². The zero-order chi connectivity index (χ0) is 12.8. The molecular weight excluding hydrogens is 242 g/mol. The monoisotopic (exact) mass is 263 g/mol. The van der Waals surface area contributed by atoms with Crippen LogP contribution in [-0.4, -0.2) is 12.1 Å². The highest BCUT2D eigenvalue weighted by Gasteiger charge is 2.36. The second-order valence-electron chi connectivity index (χ2n) is 6.62. The highest BCUT2D eigenvalue weighted by atomic mass is 35.5. The van der Waals surface area contributed by atoms with Gasteiger partial charge in [0.2, 0.25) is 0 Å². The Morgan fingerprint density at radius 3 is 2.72 bits per heavy atom. The van der Waals surface area contributed by atoms with Gasteiger partial charge < -0.3 is 5.32 Å². The Morgan fingerprint density at radius 2 is 2.00 bits per heavy atom. The van der Waals surface area contributed by atoms with E-state index in [1.807, 2.05) is 6.07 Å². The van der Waals surface area contributed by atoms with E-state index in [2.05, 4.69) is 31.3 Å². The Morgan fingerprint density at radius 1 is 1.22 bits per heavy atom. The van der Waals surface area contributed by atoms with Crippen molar-refractivity contribution in [2.45, 2.75) is 58.0 Å². The summed E-state index contributed by atoms with van der Waals surface area (Å²) in [6.45, 7) is 4.80. The second kappa shape index (κ2) is 4.54. The Kier molecular flexibility index (Phi) is 3.15. The molecule has 2 aliphatic rings. The lowest BCUT2D eigenvalue weighted by Gasteiger charge is -2.30. The second-order valence-corrected chi connectivity index (χ2v) is 7.05. The van der Waals surface area contributed by atoms with Crippen LogP contribution in [0.25, 0.3) is 0 Å². The summed E-state index contributed by atoms with van der Waals surface area (Å²) in [7, 11) is 0. The molecule has 3 rings (SSSR count). The fourth-order valence-corrected chi connectivity index (χ4v) is 3.82. The molecule has 0 saturated heterocycles. The largest absolute Gasteiger partial charge is 0.310 e. The SMILES string of the molecule is CC1(C)CCCC1NC1Cc2ccc(Cl)cc2C1. The molecule has 1 fully saturated rings. The first-order valence-corrected chi connectivity index (χ1v) is 7.46. The maximum atomic E-state index is 6.07. The Labute approximate surface area is 115 Å². The molecule has 1 N–H and O–H groups in total. The van der Waals surface area contributed by atoms with Crippen LogP contribution in [0.4, 0.5) is 0 Å². The van der Waals surface area contributed by atoms with Gasteiger partial charge >= 0.3 is 0 Å². The van der Waals surface area contributed by atoms with Crippen LogP contribution in [0.5, 0.6) is 0 Å². The summed E-state index contributed by atoms with van der Waals surface area (Å²) in [6, 6.07) is 7.65. The van der Waals surface area contributed by atoms with Crippen molar-refractivity contribution in [2.75, 3.05) is 0 Å². The van der Waals surface area contributed by atoms with E-state index in [9.17, 15) is 0 Å². The highest BCUT2D eigenvalue weighted by Crippen LogP contribution is 2.38. The minimum absolute atomic E-state index is 0.465. The number of halogens is 1. The third kappa shape index (κ3) is 2.31. The molecule has 0 heterocycles. The Balaban J connectivity index is 1.68. The fraction of sp³-hybridized carbons (Fsp3) is 0.625. The van der Waals surface area contributed by atoms with Crippen molar-refractivity contribution in [3.63, 3.8) is 0 Å². The summed E-state index contributed by atoms with van der Waals surface area (Å²) in [5.74, 6) is 0. The molecule has 2 atom stereocenters. The van der Waals surface area contributed by atoms with Crippen molar-refractivity contribution < 1.29 is 0 Å². The standard InChI is InChI=1S/C16H22ClN/c1-16(2)7-3-4-15(16)18-14-9-11-5-6-13(17)8-12(11)10-14/h5-6,8,14-15,18H,3-4,7,9-10H2,1-2H3. The summed E-state index contributed by atoms with van der Waals surface area (Å²) in [5, 5.41) is 4.76. The van der Waals surface area contributed by atoms with Crippen LogP contribution in [0, 0.1) is 5.41 Å². The van der Waals surface area contributed by atoms with Gasteiger partial charge in [-0.3, -0.25) is 0 Å². The summed E-state index contributed by atoms with van der Waals surface area (Å²) in [6.07, 6.45) is 6.37. The number of hydrogen-bond donors (Lipinski definition) is 1. The highest BCUT2D eigenvalue weighted by molar-refractivity contribution is 6.30. The van der Waals surface area contributed by atoms with E-state index < -0.39 is 0 Å². The van der Waals surface area contributed by atoms with Crippen molar-refractivity contribution in [3.05, 3.63) is 34.3 Å². The lowest BCUT2D eigenvalue weighted by molar-refractivity contribution is 0.262. The van der Waals surface area contributed by atoms with Gasteiger partial charge in [0.1, 0.15) is 0 Å². The molecule has 0 aliphatic heterocycles. The molecule has 0 amide bonds. The molecule has 1 nitrogen and oxygen atoms in total. The van der Waals surface area contributed by atoms with Gasteiger partial charge in [-0.05, 0) is 54.4 Å². The molecule has 0 spiro atoms. The van der Waals surface area contributed by atoms with Crippen LogP contribution in [0.1, 0.15) is 44.2 Å². The van der Waals surface area contributed by atoms with E-state index in [1.54, 1.807) is 0 Å². The summed E-state index contributed by atoms with van der Waals surface area (Å²) in [5.41, 5.74) is 3.38. The predicted octanol–water partition coefficient (Wildman–Crippen LogP) is 3.98. The number of rotatable bonds is 2. The average molecular weight is 264 g/mol. The minimum Gasteiger partial charge on any atom is -0.310 e. The van der Waals surface area contributed by atoms with Gasteiger partial charge in [-0.25, -0.2) is 0 Å². The third-order valence-electron chi connectivity index (χ3n) is 4.80. The van der Waals surface area contributed by atoms with E-state index in [1.165, 1.54) is 36.8 Å². The van der Waals surface area contributed by atoms with Gasteiger partial charge in [-0.2, -0.15) is 0 Å². The van der Waals surface area contributed by atoms with Crippen molar-refractivity contribution in [3.8, 4) is 0 Å². The summed E-state index contributed by atoms with van der Waals surface area (Å²) < 4.78 is 0. The minimum atomic E-state index is 0.465. The van der Waals surface area contributed by atoms with Gasteiger partial charge in [0.25, 0.3) is 0 Å². The molecule has 2 aliphatic carbocycles. The van der Waals surface area contributed by atoms with E-state index in [0.29, 0.717) is 17.5 Å². The molecule has 18 heavy (non-hydrogen) atoms. The molecule has 2 unspecified atom stereocenters. The topological polar surface area (TPSA) is 12.0 Å². The van der Waals surface area contributed by atoms with Crippen LogP contribution in [0.3, 0.4) is 0 Å². The molecule has 1 saturated carbocycles. The zero-order valence-corrected chi connectivity index (χ0v) is 12.1. The number of benzene rings is 1. The summed E-state index contributed by atoms with van der Waals surface area (Å²) in [4.78, 5) is 0. The van der Waals surface area contributed by atoms with Crippen molar-refractivity contribution in [2.24, 2.45) is 5.41 Å². The number of nitrogens with one attached hydrogen (secondary N) is 1. The van der Waals surface area contributed by atoms with Crippen LogP contribution in [0.15, 0.2) is 18.2 Å². The number of fused-ring (bicyclic) bond motifs is 1. The zero-order valence-electron chi connectivity index (χ0n) is 11.3. The summed E-state index contributed by atoms with van der Waals surface area (Å²) >= 11 is 6.07. The quantitative estimate of drug-likeness (QED) is 0.851. The van der Waals surface area contributed by atoms with E-state index in [-0.39, 0.29) is 0 Å². The average Bonchev–Trinajstić information content (AvgIpc) is 2.82. The first kappa shape index (κ1) is 12.5. The van der Waals surface area contributed by atoms with Gasteiger partial charge in [-0.15, -0.1) is 0 Å². The predicted molar refractivity (Wildman–Crippen MR) is 77.2 cm³/mol. The molecular formula is C16H22ClN. The van der Waals surface area contributed by atoms with Crippen LogP contribution >= 0.6 is 11.6 Å². The maximum absolute atomic E-state index is 6.07. The fourth-order valence-electron chi connectivity index (χ4n) is 3.62. The van der Waals surface area contributed by atoms with E-state index in [0.717, 1.165) is 11.4 Å². The normalized spacial score (nSPS) is 29.5. The lowest BCUT2D eigenvalue weighted by Crippen LogP contribution is -2.44. The molecule has 2 heteroatoms. The van der Waals surface area contributed by atoms with Crippen LogP contribution in [-0.2, 0) is 12.8 Å². The molecule has 98 valence electrons. The third-order valence-corrected chi connectivity index (χ3v) is 5.03. The smallest absolute Gasteiger partial charge is 0.0408 e. The van der Waals surface area contributed by atoms with Crippen LogP contribution in [0.2, 0.25) is 5.02 Å². The number of hydrogen-bond acceptors (Lipinski definition) is 1. The van der Waals surface area contributed by atoms with Crippen molar-refractivity contribution in [1.82, 2.24) is 5.32 Å². The van der Waals surface area contributed by atoms with Crippen LogP contribution < -0.4 is 5.32 Å². The van der Waals surface area contributed by atoms with Crippen molar-refractivity contribution in [1.29, 1.82) is 0 Å². The van der Waals surface area contributed by atoms with Crippen molar-refractivity contribution >= 4 is 11.6 Å². The van der Waals surface area contributed by atoms with Gasteiger partial charge in [0.05, 0.1) is 0 Å². The van der Waals surface area contributed by atoms with Gasteiger partial charge in [0, 0.05) is 17.1 Å². The Bertz CT molecular complexity index is 452. The molecule has 1 aromatic carbocycles. The first-order valence-electron chi connectivity index (χ1n) is 7.08. The molecule has 1 aromatic rings. The molecule has 0 bridgehead atoms. The maximum Gasteiger partial charge on any atom is 0.0408 e.